The number of anilines is 1. The number of rotatable bonds is 11. The van der Waals surface area contributed by atoms with E-state index in [-0.39, 0.29) is 16.8 Å². The summed E-state index contributed by atoms with van der Waals surface area (Å²) in [6.07, 6.45) is -10.6. The van der Waals surface area contributed by atoms with E-state index in [4.69, 9.17) is 4.74 Å². The van der Waals surface area contributed by atoms with E-state index in [0.717, 1.165) is 24.3 Å². The van der Waals surface area contributed by atoms with Gasteiger partial charge in [0, 0.05) is 18.7 Å². The summed E-state index contributed by atoms with van der Waals surface area (Å²) in [6.45, 7) is 2.64. The predicted molar refractivity (Wildman–Crippen MR) is 150 cm³/mol. The SMILES string of the molecule is CC(=O)OC(CC(=O)N(c1ccccc1)[C@](C)(c1ccc(F)cc1)c1cc(F)cc(OC(F)(F)C(F)F)c1)c1ccccc1. The molecule has 0 bridgehead atoms. The summed E-state index contributed by atoms with van der Waals surface area (Å²) in [5.74, 6) is -4.01. The van der Waals surface area contributed by atoms with Crippen LogP contribution < -0.4 is 9.64 Å². The molecule has 44 heavy (non-hydrogen) atoms. The molecule has 4 aromatic rings. The fraction of sp³-hybridized carbons (Fsp3) is 0.212. The van der Waals surface area contributed by atoms with Gasteiger partial charge < -0.3 is 9.47 Å². The van der Waals surface area contributed by atoms with Crippen molar-refractivity contribution in [1.29, 1.82) is 0 Å². The third-order valence-corrected chi connectivity index (χ3v) is 6.90. The highest BCUT2D eigenvalue weighted by atomic mass is 19.3. The summed E-state index contributed by atoms with van der Waals surface area (Å²) >= 11 is 0. The Morgan fingerprint density at radius 3 is 1.95 bits per heavy atom. The highest BCUT2D eigenvalue weighted by Crippen LogP contribution is 2.42. The number of hydrogen-bond acceptors (Lipinski definition) is 4. The van der Waals surface area contributed by atoms with Crippen molar-refractivity contribution in [2.24, 2.45) is 0 Å². The third-order valence-electron chi connectivity index (χ3n) is 6.90. The Bertz CT molecular complexity index is 1590. The van der Waals surface area contributed by atoms with Crippen molar-refractivity contribution in [1.82, 2.24) is 0 Å². The van der Waals surface area contributed by atoms with Crippen LogP contribution in [0.1, 0.15) is 43.1 Å². The van der Waals surface area contributed by atoms with Crippen molar-refractivity contribution >= 4 is 17.6 Å². The molecule has 11 heteroatoms. The van der Waals surface area contributed by atoms with E-state index >= 15 is 4.39 Å². The summed E-state index contributed by atoms with van der Waals surface area (Å²) in [4.78, 5) is 27.6. The maximum atomic E-state index is 15.0. The third kappa shape index (κ3) is 7.21. The van der Waals surface area contributed by atoms with Gasteiger partial charge in [0.15, 0.2) is 0 Å². The van der Waals surface area contributed by atoms with Gasteiger partial charge in [0.1, 0.15) is 23.5 Å². The molecule has 0 spiro atoms. The minimum atomic E-state index is -4.95. The van der Waals surface area contributed by atoms with Gasteiger partial charge in [0.25, 0.3) is 0 Å². The smallest absolute Gasteiger partial charge is 0.457 e. The number of ether oxygens (including phenoxy) is 2. The van der Waals surface area contributed by atoms with E-state index in [0.29, 0.717) is 11.6 Å². The lowest BCUT2D eigenvalue weighted by Gasteiger charge is -2.43. The molecule has 0 aliphatic heterocycles. The van der Waals surface area contributed by atoms with Crippen LogP contribution in [-0.4, -0.2) is 24.4 Å². The van der Waals surface area contributed by atoms with Crippen LogP contribution in [-0.2, 0) is 19.9 Å². The molecule has 5 nitrogen and oxygen atoms in total. The summed E-state index contributed by atoms with van der Waals surface area (Å²) in [7, 11) is 0. The monoisotopic (exact) mass is 615 g/mol. The number of carbonyl (C=O) groups is 2. The first-order valence-electron chi connectivity index (χ1n) is 13.3. The van der Waals surface area contributed by atoms with Gasteiger partial charge in [0.05, 0.1) is 12.0 Å². The van der Waals surface area contributed by atoms with Crippen molar-refractivity contribution in [3.05, 3.63) is 131 Å². The van der Waals surface area contributed by atoms with Crippen LogP contribution in [0.15, 0.2) is 103 Å². The average Bonchev–Trinajstić information content (AvgIpc) is 2.97. The Kier molecular flexibility index (Phi) is 9.66. The summed E-state index contributed by atoms with van der Waals surface area (Å²) in [6, 6.07) is 23.6. The van der Waals surface area contributed by atoms with E-state index in [2.05, 4.69) is 4.74 Å². The molecule has 0 N–H and O–H groups in total. The van der Waals surface area contributed by atoms with Crippen LogP contribution in [0.2, 0.25) is 0 Å². The zero-order valence-corrected chi connectivity index (χ0v) is 23.5. The zero-order chi connectivity index (χ0) is 32.1. The summed E-state index contributed by atoms with van der Waals surface area (Å²) in [5, 5.41) is 0. The number of carbonyl (C=O) groups excluding carboxylic acids is 2. The van der Waals surface area contributed by atoms with E-state index in [1.165, 1.54) is 30.9 Å². The molecule has 0 fully saturated rings. The lowest BCUT2D eigenvalue weighted by Crippen LogP contribution is -2.49. The molecule has 0 heterocycles. The Morgan fingerprint density at radius 1 is 0.795 bits per heavy atom. The first-order chi connectivity index (χ1) is 20.8. The van der Waals surface area contributed by atoms with Crippen molar-refractivity contribution < 1.29 is 45.4 Å². The molecule has 0 aliphatic carbocycles. The van der Waals surface area contributed by atoms with Crippen LogP contribution >= 0.6 is 0 Å². The second-order valence-corrected chi connectivity index (χ2v) is 10.00. The molecule has 4 rings (SSSR count). The molecule has 230 valence electrons. The summed E-state index contributed by atoms with van der Waals surface area (Å²) < 4.78 is 92.4. The molecule has 2 atom stereocenters. The van der Waals surface area contributed by atoms with Crippen LogP contribution in [0.5, 0.6) is 5.75 Å². The number of alkyl halides is 4. The highest BCUT2D eigenvalue weighted by Gasteiger charge is 2.45. The Balaban J connectivity index is 1.93. The second-order valence-electron chi connectivity index (χ2n) is 10.00. The minimum absolute atomic E-state index is 0.162. The molecule has 0 aromatic heterocycles. The molecular formula is C33H27F6NO4. The van der Waals surface area contributed by atoms with Gasteiger partial charge in [-0.25, -0.2) is 8.78 Å². The molecule has 4 aromatic carbocycles. The number of hydrogen-bond donors (Lipinski definition) is 0. The first kappa shape index (κ1) is 32.1. The second kappa shape index (κ2) is 13.2. The standard InChI is InChI=1S/C33H27F6NO4/c1-21(41)43-29(22-9-5-3-6-10-22)20-30(42)40(27-11-7-4-8-12-27)32(2,23-13-15-25(34)16-14-23)24-17-26(35)19-28(18-24)44-33(38,39)31(36)37/h3-19,29,31H,20H2,1-2H3/t29?,32-/m1/s1. The quantitative estimate of drug-likeness (QED) is 0.126. The van der Waals surface area contributed by atoms with E-state index in [9.17, 15) is 31.5 Å². The van der Waals surface area contributed by atoms with E-state index in [1.54, 1.807) is 60.7 Å². The van der Waals surface area contributed by atoms with Gasteiger partial charge in [-0.05, 0) is 60.0 Å². The van der Waals surface area contributed by atoms with E-state index < -0.39 is 59.9 Å². The number of nitrogens with zero attached hydrogens (tertiary/aromatic N) is 1. The Hall–Kier alpha value is -4.80. The lowest BCUT2D eigenvalue weighted by atomic mass is 9.81. The van der Waals surface area contributed by atoms with Gasteiger partial charge in [-0.1, -0.05) is 60.7 Å². The molecular weight excluding hydrogens is 588 g/mol. The lowest BCUT2D eigenvalue weighted by molar-refractivity contribution is -0.253. The summed E-state index contributed by atoms with van der Waals surface area (Å²) in [5.41, 5.74) is -0.988. The molecule has 0 radical (unpaired) electrons. The number of esters is 1. The van der Waals surface area contributed by atoms with E-state index in [1.807, 2.05) is 0 Å². The van der Waals surface area contributed by atoms with Crippen molar-refractivity contribution in [2.75, 3.05) is 4.90 Å². The van der Waals surface area contributed by atoms with Gasteiger partial charge in [-0.3, -0.25) is 14.5 Å². The molecule has 0 saturated heterocycles. The topological polar surface area (TPSA) is 55.8 Å². The largest absolute Gasteiger partial charge is 0.461 e. The Labute approximate surface area is 249 Å². The maximum Gasteiger partial charge on any atom is 0.461 e. The first-order valence-corrected chi connectivity index (χ1v) is 13.3. The Morgan fingerprint density at radius 2 is 1.39 bits per heavy atom. The van der Waals surface area contributed by atoms with Crippen molar-refractivity contribution in [3.8, 4) is 5.75 Å². The van der Waals surface area contributed by atoms with Crippen LogP contribution in [0.4, 0.5) is 32.0 Å². The number of para-hydroxylation sites is 1. The van der Waals surface area contributed by atoms with Crippen LogP contribution in [0.25, 0.3) is 0 Å². The molecule has 0 aliphatic rings. The number of amides is 1. The number of halogens is 6. The molecule has 0 saturated carbocycles. The van der Waals surface area contributed by atoms with Crippen molar-refractivity contribution in [3.63, 3.8) is 0 Å². The zero-order valence-electron chi connectivity index (χ0n) is 23.5. The van der Waals surface area contributed by atoms with Crippen molar-refractivity contribution in [2.45, 2.75) is 44.4 Å². The number of benzene rings is 4. The van der Waals surface area contributed by atoms with Crippen LogP contribution in [0.3, 0.4) is 0 Å². The fourth-order valence-electron chi connectivity index (χ4n) is 4.88. The van der Waals surface area contributed by atoms with Gasteiger partial charge in [-0.2, -0.15) is 17.6 Å². The normalized spacial score (nSPS) is 13.6. The highest BCUT2D eigenvalue weighted by molar-refractivity contribution is 5.96. The fourth-order valence-corrected chi connectivity index (χ4v) is 4.88. The minimum Gasteiger partial charge on any atom is -0.457 e. The average molecular weight is 616 g/mol. The van der Waals surface area contributed by atoms with Gasteiger partial charge in [-0.15, -0.1) is 0 Å². The molecule has 1 amide bonds. The van der Waals surface area contributed by atoms with Gasteiger partial charge >= 0.3 is 18.5 Å². The predicted octanol–water partition coefficient (Wildman–Crippen LogP) is 8.19. The molecule has 1 unspecified atom stereocenters. The van der Waals surface area contributed by atoms with Crippen LogP contribution in [0, 0.1) is 11.6 Å². The maximum absolute atomic E-state index is 15.0. The van der Waals surface area contributed by atoms with Gasteiger partial charge in [0.2, 0.25) is 5.91 Å².